The highest BCUT2D eigenvalue weighted by molar-refractivity contribution is 7.09. The predicted molar refractivity (Wildman–Crippen MR) is 87.8 cm³/mol. The van der Waals surface area contributed by atoms with Crippen molar-refractivity contribution in [3.05, 3.63) is 33.3 Å². The van der Waals surface area contributed by atoms with Gasteiger partial charge < -0.3 is 10.3 Å². The number of carbonyl (C=O) groups is 1. The van der Waals surface area contributed by atoms with E-state index in [9.17, 15) is 9.59 Å². The smallest absolute Gasteiger partial charge is 0.254 e. The molecule has 1 fully saturated rings. The Bertz CT molecular complexity index is 806. The van der Waals surface area contributed by atoms with Gasteiger partial charge in [-0.05, 0) is 33.1 Å². The molecule has 1 aliphatic carbocycles. The normalized spacial score (nSPS) is 15.4. The number of H-pyrrole nitrogens is 1. The quantitative estimate of drug-likeness (QED) is 0.870. The van der Waals surface area contributed by atoms with Crippen molar-refractivity contribution in [1.82, 2.24) is 19.3 Å². The van der Waals surface area contributed by atoms with Crippen LogP contribution in [0.5, 0.6) is 0 Å². The third-order valence-electron chi connectivity index (χ3n) is 4.15. The lowest BCUT2D eigenvalue weighted by molar-refractivity contribution is -0.116. The zero-order valence-electron chi connectivity index (χ0n) is 13.4. The first-order chi connectivity index (χ1) is 10.9. The van der Waals surface area contributed by atoms with E-state index in [4.69, 9.17) is 0 Å². The van der Waals surface area contributed by atoms with Crippen molar-refractivity contribution in [2.45, 2.75) is 51.9 Å². The Morgan fingerprint density at radius 1 is 1.35 bits per heavy atom. The Hall–Kier alpha value is -2.09. The van der Waals surface area contributed by atoms with Gasteiger partial charge in [-0.2, -0.15) is 4.37 Å². The van der Waals surface area contributed by atoms with Gasteiger partial charge in [0.2, 0.25) is 11.0 Å². The molecule has 0 atom stereocenters. The Labute approximate surface area is 137 Å². The lowest BCUT2D eigenvalue weighted by Gasteiger charge is -2.05. The second-order valence-electron chi connectivity index (χ2n) is 6.25. The fraction of sp³-hybridized carbons (Fsp3) is 0.533. The molecule has 0 bridgehead atoms. The molecule has 0 unspecified atom stereocenters. The number of carbonyl (C=O) groups excluding carboxylic acids is 1. The van der Waals surface area contributed by atoms with Crippen molar-refractivity contribution in [3.63, 3.8) is 0 Å². The largest absolute Gasteiger partial charge is 0.311 e. The van der Waals surface area contributed by atoms with Crippen LogP contribution < -0.4 is 10.9 Å². The molecule has 0 saturated heterocycles. The zero-order valence-corrected chi connectivity index (χ0v) is 14.2. The highest BCUT2D eigenvalue weighted by atomic mass is 32.1. The molecule has 2 aromatic heterocycles. The topological polar surface area (TPSA) is 101 Å². The molecule has 122 valence electrons. The maximum Gasteiger partial charge on any atom is 0.254 e. The van der Waals surface area contributed by atoms with Gasteiger partial charge in [0, 0.05) is 34.6 Å². The summed E-state index contributed by atoms with van der Waals surface area (Å²) in [5.41, 5.74) is 1.13. The molecule has 0 aromatic carbocycles. The molecular formula is C15H19N5O2S. The van der Waals surface area contributed by atoms with E-state index in [2.05, 4.69) is 31.6 Å². The summed E-state index contributed by atoms with van der Waals surface area (Å²) >= 11 is 1.20. The molecule has 23 heavy (non-hydrogen) atoms. The van der Waals surface area contributed by atoms with Crippen LogP contribution in [0.15, 0.2) is 4.79 Å². The van der Waals surface area contributed by atoms with E-state index in [0.717, 1.165) is 18.7 Å². The number of hydrogen-bond acceptors (Lipinski definition) is 6. The maximum atomic E-state index is 12.0. The van der Waals surface area contributed by atoms with Crippen molar-refractivity contribution in [2.24, 2.45) is 0 Å². The number of hydrogen-bond donors (Lipinski definition) is 2. The van der Waals surface area contributed by atoms with Gasteiger partial charge in [-0.25, -0.2) is 9.97 Å². The van der Waals surface area contributed by atoms with Crippen molar-refractivity contribution >= 4 is 22.6 Å². The summed E-state index contributed by atoms with van der Waals surface area (Å²) in [5.74, 6) is 1.22. The van der Waals surface area contributed by atoms with Gasteiger partial charge in [0.25, 0.3) is 5.56 Å². The van der Waals surface area contributed by atoms with Crippen LogP contribution in [0, 0.1) is 13.8 Å². The van der Waals surface area contributed by atoms with Crippen molar-refractivity contribution in [3.8, 4) is 0 Å². The molecule has 2 N–H and O–H groups in total. The van der Waals surface area contributed by atoms with Gasteiger partial charge in [-0.15, -0.1) is 0 Å². The minimum absolute atomic E-state index is 0.0947. The first-order valence-electron chi connectivity index (χ1n) is 7.58. The van der Waals surface area contributed by atoms with Crippen LogP contribution in [-0.2, 0) is 16.6 Å². The first kappa shape index (κ1) is 15.8. The Kier molecular flexibility index (Phi) is 4.01. The Morgan fingerprint density at radius 3 is 2.74 bits per heavy atom. The Balaban J connectivity index is 1.60. The highest BCUT2D eigenvalue weighted by Crippen LogP contribution is 2.46. The summed E-state index contributed by atoms with van der Waals surface area (Å²) in [5, 5.41) is 3.28. The average molecular weight is 333 g/mol. The van der Waals surface area contributed by atoms with Crippen LogP contribution in [0.4, 0.5) is 5.13 Å². The van der Waals surface area contributed by atoms with E-state index in [1.807, 2.05) is 0 Å². The summed E-state index contributed by atoms with van der Waals surface area (Å²) < 4.78 is 4.31. The van der Waals surface area contributed by atoms with Gasteiger partial charge >= 0.3 is 0 Å². The van der Waals surface area contributed by atoms with E-state index in [1.165, 1.54) is 11.5 Å². The number of aryl methyl sites for hydroxylation is 2. The molecule has 1 aliphatic rings. The van der Waals surface area contributed by atoms with Crippen molar-refractivity contribution in [1.29, 1.82) is 0 Å². The lowest BCUT2D eigenvalue weighted by Crippen LogP contribution is -2.20. The molecule has 0 aliphatic heterocycles. The van der Waals surface area contributed by atoms with E-state index < -0.39 is 0 Å². The number of amides is 1. The third-order valence-corrected chi connectivity index (χ3v) is 4.79. The summed E-state index contributed by atoms with van der Waals surface area (Å²) in [6, 6.07) is 0. The number of anilines is 1. The van der Waals surface area contributed by atoms with Crippen molar-refractivity contribution in [2.75, 3.05) is 5.32 Å². The number of rotatable bonds is 5. The molecule has 7 nitrogen and oxygen atoms in total. The summed E-state index contributed by atoms with van der Waals surface area (Å²) in [4.78, 5) is 35.2. The predicted octanol–water partition coefficient (Wildman–Crippen LogP) is 1.86. The minimum Gasteiger partial charge on any atom is -0.311 e. The molecule has 1 amide bonds. The molecule has 2 heterocycles. The number of aromatic amines is 1. The van der Waals surface area contributed by atoms with Crippen LogP contribution in [0.3, 0.4) is 0 Å². The molecule has 3 rings (SSSR count). The SMILES string of the molecule is Cc1nc(C)c(CCC(=O)Nc2nc(C3(C)CC3)ns2)c(=O)[nH]1. The van der Waals surface area contributed by atoms with Gasteiger partial charge in [-0.1, -0.05) is 6.92 Å². The number of aromatic nitrogens is 4. The number of nitrogens with zero attached hydrogens (tertiary/aromatic N) is 3. The monoisotopic (exact) mass is 333 g/mol. The first-order valence-corrected chi connectivity index (χ1v) is 8.35. The lowest BCUT2D eigenvalue weighted by atomic mass is 10.1. The van der Waals surface area contributed by atoms with E-state index in [0.29, 0.717) is 28.6 Å². The van der Waals surface area contributed by atoms with Gasteiger partial charge in [-0.3, -0.25) is 9.59 Å². The number of nitrogens with one attached hydrogen (secondary N) is 2. The van der Waals surface area contributed by atoms with Crippen LogP contribution in [0.2, 0.25) is 0 Å². The van der Waals surface area contributed by atoms with Crippen LogP contribution in [0.1, 0.15) is 49.1 Å². The standard InChI is InChI=1S/C15H19N5O2S/c1-8-10(12(22)17-9(2)16-8)4-5-11(21)18-14-19-13(20-23-14)15(3)6-7-15/h4-7H2,1-3H3,(H,16,17,22)(H,18,19,20,21). The van der Waals surface area contributed by atoms with Gasteiger partial charge in [0.15, 0.2) is 5.82 Å². The molecule has 0 radical (unpaired) electrons. The average Bonchev–Trinajstić information content (AvgIpc) is 3.03. The molecule has 8 heteroatoms. The maximum absolute atomic E-state index is 12.0. The van der Waals surface area contributed by atoms with Crippen molar-refractivity contribution < 1.29 is 4.79 Å². The Morgan fingerprint density at radius 2 is 2.09 bits per heavy atom. The highest BCUT2D eigenvalue weighted by Gasteiger charge is 2.42. The second-order valence-corrected chi connectivity index (χ2v) is 7.00. The summed E-state index contributed by atoms with van der Waals surface area (Å²) in [6.07, 6.45) is 2.75. The molecular weight excluding hydrogens is 314 g/mol. The van der Waals surface area contributed by atoms with E-state index >= 15 is 0 Å². The van der Waals surface area contributed by atoms with Gasteiger partial charge in [0.1, 0.15) is 5.82 Å². The van der Waals surface area contributed by atoms with Crippen LogP contribution in [-0.4, -0.2) is 25.2 Å². The molecule has 0 spiro atoms. The fourth-order valence-corrected chi connectivity index (χ4v) is 3.12. The molecule has 1 saturated carbocycles. The molecule has 2 aromatic rings. The van der Waals surface area contributed by atoms with E-state index in [1.54, 1.807) is 13.8 Å². The van der Waals surface area contributed by atoms with E-state index in [-0.39, 0.29) is 23.3 Å². The summed E-state index contributed by atoms with van der Waals surface area (Å²) in [7, 11) is 0. The van der Waals surface area contributed by atoms with Crippen LogP contribution in [0.25, 0.3) is 0 Å². The van der Waals surface area contributed by atoms with Gasteiger partial charge in [0.05, 0.1) is 0 Å². The summed E-state index contributed by atoms with van der Waals surface area (Å²) in [6.45, 7) is 5.64. The minimum atomic E-state index is -0.178. The van der Waals surface area contributed by atoms with Crippen LogP contribution >= 0.6 is 11.5 Å². The zero-order chi connectivity index (χ0) is 16.6. The second kappa shape index (κ2) is 5.84. The third kappa shape index (κ3) is 3.47. The fourth-order valence-electron chi connectivity index (χ4n) is 2.40.